The predicted octanol–water partition coefficient (Wildman–Crippen LogP) is 6.38. The number of hydrogen-bond donors (Lipinski definition) is 3. The number of hydrogen-bond acceptors (Lipinski definition) is 14. The van der Waals surface area contributed by atoms with Crippen molar-refractivity contribution >= 4 is 35.3 Å². The number of fused-ring (bicyclic) bond motifs is 4. The molecule has 15 atom stereocenters. The van der Waals surface area contributed by atoms with Crippen molar-refractivity contribution < 1.29 is 67.8 Å². The molecule has 0 aromatic carbocycles. The average Bonchev–Trinajstić information content (AvgIpc) is 3.34. The van der Waals surface area contributed by atoms with E-state index in [1.807, 2.05) is 51.2 Å². The van der Waals surface area contributed by atoms with Crippen molar-refractivity contribution in [3.63, 3.8) is 0 Å². The number of esters is 1. The van der Waals surface area contributed by atoms with Crippen molar-refractivity contribution in [2.45, 2.75) is 186 Å². The number of carbonyl (C=O) groups is 6. The fraction of sp³-hybridized carbons (Fsp3) is 0.745. The van der Waals surface area contributed by atoms with Gasteiger partial charge in [0.2, 0.25) is 5.79 Å². The summed E-state index contributed by atoms with van der Waals surface area (Å²) in [5.74, 6) is -8.55. The highest BCUT2D eigenvalue weighted by Gasteiger charge is 2.57. The number of allylic oxidation sites excluding steroid dienone is 7. The number of Topliss-reactive ketones (excluding diaryl/α,β-unsaturated/α-hetero) is 3. The fourth-order valence-corrected chi connectivity index (χ4v) is 12.0. The van der Waals surface area contributed by atoms with Crippen LogP contribution in [0.5, 0.6) is 0 Å². The second-order valence-electron chi connectivity index (χ2n) is 21.8. The lowest BCUT2D eigenvalue weighted by Crippen LogP contribution is -2.65. The molecule has 4 bridgehead atoms. The predicted molar refractivity (Wildman–Crippen MR) is 263 cm³/mol. The molecule has 16 nitrogen and oxygen atoms in total. The van der Waals surface area contributed by atoms with Crippen LogP contribution in [-0.4, -0.2) is 149 Å². The Kier molecular flexibility index (Phi) is 20.0. The molecule has 8 unspecified atom stereocenters. The molecule has 5 fully saturated rings. The molecular weight excluding hydrogens is 913 g/mol. The first kappa shape index (κ1) is 56.2. The first-order chi connectivity index (χ1) is 33.8. The number of piperidine rings is 2. The molecule has 5 heterocycles. The summed E-state index contributed by atoms with van der Waals surface area (Å²) in [6.07, 6.45) is 12.3. The molecule has 16 heteroatoms. The standard InChI is InChI=1S/C55H82N2O14/c1-32-13-10-9-11-14-33(2)27-35(4)48(60)50(68-8)49(61)36(5)28-34(3)43(59)31-45-42(29-38-18-21-44(46(30-38)67-7)70-54(65)56-25-22-39(58)23-26-56)41-15-12-24-57(47(41)53(64)69-45)52(63)51(62)55(66)37(6)17-20-40(71-55)19-16-32/h9-11,13-14,28,33-35,37-42,44-47,49-50,58,61,66H,12,15-27,29-31H2,1-8H3/b10-9+,14-11+,32-13+,36-28+/t33-,34-,35?,37?,38?,40-,41-,42?,44-,45+,46?,47?,49?,50+,55?/m1/s1. The number of aliphatic hydroxyl groups excluding tert-OH is 2. The second-order valence-corrected chi connectivity index (χ2v) is 21.8. The quantitative estimate of drug-likeness (QED) is 0.155. The molecule has 1 saturated carbocycles. The summed E-state index contributed by atoms with van der Waals surface area (Å²) in [6, 6.07) is -1.15. The van der Waals surface area contributed by atoms with Gasteiger partial charge in [0.1, 0.15) is 36.2 Å². The summed E-state index contributed by atoms with van der Waals surface area (Å²) in [5, 5.41) is 33.5. The number of rotatable bonds is 5. The third kappa shape index (κ3) is 13.8. The molecule has 2 amide bonds. The molecule has 1 aliphatic carbocycles. The van der Waals surface area contributed by atoms with Gasteiger partial charge in [-0.05, 0) is 121 Å². The number of carbonyl (C=O) groups excluding carboxylic acids is 6. The molecule has 71 heavy (non-hydrogen) atoms. The van der Waals surface area contributed by atoms with E-state index in [2.05, 4.69) is 0 Å². The zero-order valence-electron chi connectivity index (χ0n) is 43.4. The Balaban J connectivity index is 1.29. The van der Waals surface area contributed by atoms with E-state index < -0.39 is 108 Å². The van der Waals surface area contributed by atoms with Crippen LogP contribution in [0.4, 0.5) is 4.79 Å². The van der Waals surface area contributed by atoms with E-state index in [0.717, 1.165) is 5.57 Å². The number of amides is 2. The van der Waals surface area contributed by atoms with Gasteiger partial charge < -0.3 is 48.8 Å². The summed E-state index contributed by atoms with van der Waals surface area (Å²) in [4.78, 5) is 87.4. The Bertz CT molecular complexity index is 2020. The smallest absolute Gasteiger partial charge is 0.410 e. The van der Waals surface area contributed by atoms with Crippen molar-refractivity contribution in [3.8, 4) is 0 Å². The highest BCUT2D eigenvalue weighted by atomic mass is 16.6. The first-order valence-electron chi connectivity index (χ1n) is 26.3. The summed E-state index contributed by atoms with van der Waals surface area (Å²) in [7, 11) is 2.96. The van der Waals surface area contributed by atoms with Gasteiger partial charge in [-0.25, -0.2) is 9.59 Å². The lowest BCUT2D eigenvalue weighted by atomic mass is 9.68. The molecule has 0 radical (unpaired) electrons. The average molecular weight is 995 g/mol. The SMILES string of the molecule is COC1CC(CC2[C@H]3CCCN4C(=O)C(=O)C5(O)O[C@H](CC/C(C)=C/C=C/C=C/[C@@H](C)CC(C)C(=O)[C@H](OC)C(O)/C(C)=C/[C@@H](C)C(=O)C[C@@H]2OC(=O)C34)CCC5C)CC[C@H]1OC(=O)N1CCC(O)CC1. The van der Waals surface area contributed by atoms with Gasteiger partial charge in [0.15, 0.2) is 5.78 Å². The summed E-state index contributed by atoms with van der Waals surface area (Å²) in [5.41, 5.74) is 1.44. The van der Waals surface area contributed by atoms with Gasteiger partial charge in [0.05, 0.1) is 18.3 Å². The highest BCUT2D eigenvalue weighted by Crippen LogP contribution is 2.46. The van der Waals surface area contributed by atoms with Crippen LogP contribution in [0.1, 0.15) is 131 Å². The maximum Gasteiger partial charge on any atom is 0.410 e. The van der Waals surface area contributed by atoms with Crippen LogP contribution in [0.15, 0.2) is 47.6 Å². The fourth-order valence-electron chi connectivity index (χ4n) is 12.0. The van der Waals surface area contributed by atoms with Crippen LogP contribution in [0.3, 0.4) is 0 Å². The van der Waals surface area contributed by atoms with Crippen molar-refractivity contribution in [3.05, 3.63) is 47.6 Å². The number of ether oxygens (including phenoxy) is 5. The number of ketones is 3. The van der Waals surface area contributed by atoms with Crippen molar-refractivity contribution in [2.75, 3.05) is 33.9 Å². The Morgan fingerprint density at radius 1 is 0.845 bits per heavy atom. The van der Waals surface area contributed by atoms with Crippen LogP contribution in [0.2, 0.25) is 0 Å². The molecule has 0 aromatic rings. The van der Waals surface area contributed by atoms with E-state index >= 15 is 0 Å². The van der Waals surface area contributed by atoms with E-state index in [1.165, 1.54) is 12.0 Å². The Morgan fingerprint density at radius 3 is 2.28 bits per heavy atom. The number of aliphatic hydroxyl groups is 3. The minimum atomic E-state index is -2.40. The minimum absolute atomic E-state index is 0.0190. The van der Waals surface area contributed by atoms with E-state index in [4.69, 9.17) is 23.7 Å². The molecule has 4 saturated heterocycles. The summed E-state index contributed by atoms with van der Waals surface area (Å²) < 4.78 is 30.0. The Labute approximate surface area is 420 Å². The number of methoxy groups -OCH3 is 2. The van der Waals surface area contributed by atoms with Gasteiger partial charge in [-0.15, -0.1) is 0 Å². The maximum atomic E-state index is 14.5. The third-order valence-electron chi connectivity index (χ3n) is 16.5. The minimum Gasteiger partial charge on any atom is -0.460 e. The van der Waals surface area contributed by atoms with Gasteiger partial charge in [0, 0.05) is 63.9 Å². The van der Waals surface area contributed by atoms with Crippen LogP contribution in [0, 0.1) is 41.4 Å². The number of likely N-dealkylation sites (tertiary alicyclic amines) is 1. The van der Waals surface area contributed by atoms with Gasteiger partial charge in [0.25, 0.3) is 11.7 Å². The molecule has 6 aliphatic rings. The lowest BCUT2D eigenvalue weighted by Gasteiger charge is -2.50. The summed E-state index contributed by atoms with van der Waals surface area (Å²) >= 11 is 0. The topological polar surface area (TPSA) is 216 Å². The molecule has 6 rings (SSSR count). The van der Waals surface area contributed by atoms with Gasteiger partial charge >= 0.3 is 12.1 Å². The Morgan fingerprint density at radius 2 is 1.58 bits per heavy atom. The monoisotopic (exact) mass is 995 g/mol. The van der Waals surface area contributed by atoms with E-state index in [0.29, 0.717) is 102 Å². The van der Waals surface area contributed by atoms with Crippen molar-refractivity contribution in [1.82, 2.24) is 9.80 Å². The first-order valence-corrected chi connectivity index (χ1v) is 26.3. The van der Waals surface area contributed by atoms with Gasteiger partial charge in [-0.1, -0.05) is 69.7 Å². The van der Waals surface area contributed by atoms with E-state index in [9.17, 15) is 44.1 Å². The lowest BCUT2D eigenvalue weighted by molar-refractivity contribution is -0.263. The van der Waals surface area contributed by atoms with Gasteiger partial charge in [-0.2, -0.15) is 0 Å². The highest BCUT2D eigenvalue weighted by molar-refractivity contribution is 6.39. The third-order valence-corrected chi connectivity index (χ3v) is 16.5. The van der Waals surface area contributed by atoms with Crippen LogP contribution in [-0.2, 0) is 47.7 Å². The normalized spacial score (nSPS) is 40.5. The van der Waals surface area contributed by atoms with Crippen LogP contribution in [0.25, 0.3) is 0 Å². The summed E-state index contributed by atoms with van der Waals surface area (Å²) in [6.45, 7) is 11.8. The van der Waals surface area contributed by atoms with Crippen LogP contribution < -0.4 is 0 Å². The van der Waals surface area contributed by atoms with E-state index in [-0.39, 0.29) is 36.4 Å². The van der Waals surface area contributed by atoms with Crippen LogP contribution >= 0.6 is 0 Å². The zero-order chi connectivity index (χ0) is 51.7. The zero-order valence-corrected chi connectivity index (χ0v) is 43.4. The molecule has 0 aromatic heterocycles. The van der Waals surface area contributed by atoms with E-state index in [1.54, 1.807) is 38.9 Å². The second kappa shape index (κ2) is 25.3. The van der Waals surface area contributed by atoms with Gasteiger partial charge in [-0.3, -0.25) is 19.2 Å². The molecular formula is C55H82N2O14. The number of nitrogens with zero attached hydrogens (tertiary/aromatic N) is 2. The molecule has 3 N–H and O–H groups in total. The molecule has 0 spiro atoms. The molecule has 5 aliphatic heterocycles. The van der Waals surface area contributed by atoms with Crippen molar-refractivity contribution in [2.24, 2.45) is 41.4 Å². The Hall–Kier alpha value is -4.06. The van der Waals surface area contributed by atoms with Crippen molar-refractivity contribution in [1.29, 1.82) is 0 Å². The molecule has 396 valence electrons. The largest absolute Gasteiger partial charge is 0.460 e. The maximum absolute atomic E-state index is 14.5.